The molecule has 0 amide bonds. The molecule has 2 heterocycles. The molecule has 0 aliphatic rings. The van der Waals surface area contributed by atoms with E-state index in [0.717, 1.165) is 22.3 Å². The van der Waals surface area contributed by atoms with Gasteiger partial charge in [0.05, 0.1) is 35.8 Å². The first kappa shape index (κ1) is 10.7. The van der Waals surface area contributed by atoms with Gasteiger partial charge in [0.2, 0.25) is 0 Å². The normalized spacial score (nSPS) is 10.4. The van der Waals surface area contributed by atoms with Crippen LogP contribution in [-0.4, -0.2) is 15.0 Å². The average Bonchev–Trinajstić information content (AvgIpc) is 2.46. The number of para-hydroxylation sites is 1. The van der Waals surface area contributed by atoms with E-state index in [9.17, 15) is 0 Å². The zero-order chi connectivity index (χ0) is 12.2. The lowest BCUT2D eigenvalue weighted by Gasteiger charge is -2.05. The van der Waals surface area contributed by atoms with Crippen molar-refractivity contribution in [3.05, 3.63) is 60.8 Å². The maximum absolute atomic E-state index is 4.59. The summed E-state index contributed by atoms with van der Waals surface area (Å²) in [5.74, 6) is 0. The number of aromatic nitrogens is 3. The molecule has 0 bridgehead atoms. The minimum atomic E-state index is 0.665. The third-order valence-corrected chi connectivity index (χ3v) is 2.69. The Balaban J connectivity index is 1.79. The molecule has 0 radical (unpaired) electrons. The number of benzene rings is 1. The summed E-state index contributed by atoms with van der Waals surface area (Å²) < 4.78 is 0. The van der Waals surface area contributed by atoms with Crippen molar-refractivity contribution in [2.24, 2.45) is 0 Å². The zero-order valence-corrected chi connectivity index (χ0v) is 9.74. The van der Waals surface area contributed by atoms with Crippen molar-refractivity contribution in [3.63, 3.8) is 0 Å². The standard InChI is InChI=1S/C14H12N4/c1-2-4-14-11(3-1)5-6-12(18-14)9-17-13-7-15-10-16-8-13/h1-8,10,17H,9H2. The highest BCUT2D eigenvalue weighted by Gasteiger charge is 1.98. The second kappa shape index (κ2) is 4.79. The van der Waals surface area contributed by atoms with Crippen LogP contribution >= 0.6 is 0 Å². The van der Waals surface area contributed by atoms with E-state index in [4.69, 9.17) is 0 Å². The largest absolute Gasteiger partial charge is 0.377 e. The lowest BCUT2D eigenvalue weighted by molar-refractivity contribution is 1.05. The summed E-state index contributed by atoms with van der Waals surface area (Å²) in [6.07, 6.45) is 5.00. The summed E-state index contributed by atoms with van der Waals surface area (Å²) >= 11 is 0. The van der Waals surface area contributed by atoms with E-state index in [-0.39, 0.29) is 0 Å². The Morgan fingerprint density at radius 2 is 1.78 bits per heavy atom. The molecule has 3 rings (SSSR count). The second-order valence-corrected chi connectivity index (χ2v) is 3.98. The topological polar surface area (TPSA) is 50.7 Å². The highest BCUT2D eigenvalue weighted by Crippen LogP contribution is 2.12. The highest BCUT2D eigenvalue weighted by atomic mass is 14.9. The third-order valence-electron chi connectivity index (χ3n) is 2.69. The van der Waals surface area contributed by atoms with E-state index in [1.165, 1.54) is 6.33 Å². The first-order chi connectivity index (χ1) is 8.92. The fourth-order valence-electron chi connectivity index (χ4n) is 1.79. The molecular weight excluding hydrogens is 224 g/mol. The van der Waals surface area contributed by atoms with Crippen molar-refractivity contribution < 1.29 is 0 Å². The molecule has 0 aliphatic carbocycles. The van der Waals surface area contributed by atoms with E-state index >= 15 is 0 Å². The third kappa shape index (κ3) is 2.27. The molecule has 0 saturated carbocycles. The average molecular weight is 236 g/mol. The molecule has 4 heteroatoms. The molecule has 3 aromatic rings. The highest BCUT2D eigenvalue weighted by molar-refractivity contribution is 5.78. The molecule has 0 aliphatic heterocycles. The summed E-state index contributed by atoms with van der Waals surface area (Å²) in [4.78, 5) is 12.5. The van der Waals surface area contributed by atoms with E-state index in [2.05, 4.69) is 32.4 Å². The Kier molecular flexibility index (Phi) is 2.84. The fourth-order valence-corrected chi connectivity index (χ4v) is 1.79. The van der Waals surface area contributed by atoms with Gasteiger partial charge >= 0.3 is 0 Å². The monoisotopic (exact) mass is 236 g/mol. The van der Waals surface area contributed by atoms with Gasteiger partial charge in [0, 0.05) is 5.39 Å². The lowest BCUT2D eigenvalue weighted by atomic mass is 10.2. The van der Waals surface area contributed by atoms with Crippen molar-refractivity contribution in [2.75, 3.05) is 5.32 Å². The van der Waals surface area contributed by atoms with Gasteiger partial charge in [0.25, 0.3) is 0 Å². The predicted molar refractivity (Wildman–Crippen MR) is 71.1 cm³/mol. The number of hydrogen-bond donors (Lipinski definition) is 1. The minimum absolute atomic E-state index is 0.665. The molecular formula is C14H12N4. The predicted octanol–water partition coefficient (Wildman–Crippen LogP) is 2.64. The second-order valence-electron chi connectivity index (χ2n) is 3.98. The summed E-state index contributed by atoms with van der Waals surface area (Å²) in [5, 5.41) is 4.39. The molecule has 4 nitrogen and oxygen atoms in total. The van der Waals surface area contributed by atoms with Crippen molar-refractivity contribution in [1.82, 2.24) is 15.0 Å². The molecule has 0 fully saturated rings. The molecule has 0 spiro atoms. The number of fused-ring (bicyclic) bond motifs is 1. The molecule has 1 aromatic carbocycles. The zero-order valence-electron chi connectivity index (χ0n) is 9.74. The van der Waals surface area contributed by atoms with Gasteiger partial charge in [-0.05, 0) is 12.1 Å². The molecule has 18 heavy (non-hydrogen) atoms. The SMILES string of the molecule is c1ccc2nc(CNc3cncnc3)ccc2c1. The number of hydrogen-bond acceptors (Lipinski definition) is 4. The van der Waals surface area contributed by atoms with Gasteiger partial charge in [-0.15, -0.1) is 0 Å². The minimum Gasteiger partial charge on any atom is -0.377 e. The number of nitrogens with zero attached hydrogens (tertiary/aromatic N) is 3. The van der Waals surface area contributed by atoms with E-state index in [1.807, 2.05) is 24.3 Å². The summed E-state index contributed by atoms with van der Waals surface area (Å²) in [5.41, 5.74) is 2.91. The number of pyridine rings is 1. The van der Waals surface area contributed by atoms with Crippen molar-refractivity contribution >= 4 is 16.6 Å². The van der Waals surface area contributed by atoms with Crippen LogP contribution in [-0.2, 0) is 6.54 Å². The van der Waals surface area contributed by atoms with Crippen LogP contribution in [0.5, 0.6) is 0 Å². The van der Waals surface area contributed by atoms with E-state index < -0.39 is 0 Å². The lowest BCUT2D eigenvalue weighted by Crippen LogP contribution is -2.02. The van der Waals surface area contributed by atoms with Crippen LogP contribution < -0.4 is 5.32 Å². The first-order valence-electron chi connectivity index (χ1n) is 5.75. The number of rotatable bonds is 3. The maximum atomic E-state index is 4.59. The Hall–Kier alpha value is -2.49. The van der Waals surface area contributed by atoms with Crippen LogP contribution in [0.3, 0.4) is 0 Å². The molecule has 0 unspecified atom stereocenters. The molecule has 0 saturated heterocycles. The van der Waals surface area contributed by atoms with Crippen molar-refractivity contribution in [3.8, 4) is 0 Å². The van der Waals surface area contributed by atoms with Gasteiger partial charge in [0.15, 0.2) is 0 Å². The van der Waals surface area contributed by atoms with Gasteiger partial charge in [-0.1, -0.05) is 24.3 Å². The van der Waals surface area contributed by atoms with Gasteiger partial charge in [-0.3, -0.25) is 4.98 Å². The Morgan fingerprint density at radius 1 is 0.944 bits per heavy atom. The number of nitrogens with one attached hydrogen (secondary N) is 1. The fraction of sp³-hybridized carbons (Fsp3) is 0.0714. The van der Waals surface area contributed by atoms with Crippen LogP contribution in [0.4, 0.5) is 5.69 Å². The maximum Gasteiger partial charge on any atom is 0.115 e. The molecule has 2 aromatic heterocycles. The Bertz CT molecular complexity index is 652. The molecule has 1 N–H and O–H groups in total. The van der Waals surface area contributed by atoms with E-state index in [0.29, 0.717) is 6.54 Å². The van der Waals surface area contributed by atoms with Gasteiger partial charge in [-0.2, -0.15) is 0 Å². The molecule has 0 atom stereocenters. The van der Waals surface area contributed by atoms with Gasteiger partial charge in [0.1, 0.15) is 6.33 Å². The summed E-state index contributed by atoms with van der Waals surface area (Å²) in [6, 6.07) is 12.2. The van der Waals surface area contributed by atoms with Crippen LogP contribution in [0, 0.1) is 0 Å². The quantitative estimate of drug-likeness (QED) is 0.759. The Labute approximate surface area is 105 Å². The van der Waals surface area contributed by atoms with Crippen LogP contribution in [0.2, 0.25) is 0 Å². The van der Waals surface area contributed by atoms with Crippen molar-refractivity contribution in [2.45, 2.75) is 6.54 Å². The first-order valence-corrected chi connectivity index (χ1v) is 5.75. The van der Waals surface area contributed by atoms with Gasteiger partial charge < -0.3 is 5.32 Å². The van der Waals surface area contributed by atoms with Crippen molar-refractivity contribution in [1.29, 1.82) is 0 Å². The Morgan fingerprint density at radius 3 is 2.67 bits per heavy atom. The van der Waals surface area contributed by atoms with Crippen LogP contribution in [0.15, 0.2) is 55.1 Å². The van der Waals surface area contributed by atoms with E-state index in [1.54, 1.807) is 12.4 Å². The van der Waals surface area contributed by atoms with Crippen LogP contribution in [0.1, 0.15) is 5.69 Å². The number of anilines is 1. The van der Waals surface area contributed by atoms with Gasteiger partial charge in [-0.25, -0.2) is 9.97 Å². The van der Waals surface area contributed by atoms with Crippen LogP contribution in [0.25, 0.3) is 10.9 Å². The smallest absolute Gasteiger partial charge is 0.115 e. The molecule has 88 valence electrons. The summed E-state index contributed by atoms with van der Waals surface area (Å²) in [7, 11) is 0. The summed E-state index contributed by atoms with van der Waals surface area (Å²) in [6.45, 7) is 0.665.